The van der Waals surface area contributed by atoms with Gasteiger partial charge in [0.2, 0.25) is 0 Å². The van der Waals surface area contributed by atoms with Gasteiger partial charge in [0.25, 0.3) is 0 Å². The highest BCUT2D eigenvalue weighted by Gasteiger charge is 2.43. The average molecular weight is 246 g/mol. The van der Waals surface area contributed by atoms with E-state index < -0.39 is 36.0 Å². The van der Waals surface area contributed by atoms with Gasteiger partial charge in [0.15, 0.2) is 0 Å². The lowest BCUT2D eigenvalue weighted by Gasteiger charge is -2.35. The summed E-state index contributed by atoms with van der Waals surface area (Å²) in [4.78, 5) is 21.9. The number of carboxylic acids is 2. The molecule has 1 fully saturated rings. The summed E-state index contributed by atoms with van der Waals surface area (Å²) in [5.74, 6) is -4.35. The van der Waals surface area contributed by atoms with Crippen molar-refractivity contribution in [1.29, 1.82) is 0 Å². The second-order valence-corrected chi connectivity index (χ2v) is 4.34. The number of hydrogen-bond donors (Lipinski definition) is 3. The molecule has 0 saturated heterocycles. The molecule has 6 nitrogen and oxygen atoms in total. The number of aliphatic hydroxyl groups is 1. The van der Waals surface area contributed by atoms with E-state index in [0.29, 0.717) is 6.61 Å². The number of hydrogen-bond acceptors (Lipinski definition) is 4. The molecule has 0 heterocycles. The standard InChI is InChI=1S/C11H18O6/c1-2-3-17-9-5-7(11(15)16)6(10(13)14)4-8(9)12/h6-9,12H,2-5H2,1H3,(H,13,14)(H,15,16)/t6-,7+,8-,9-/m1/s1. The first kappa shape index (κ1) is 13.9. The van der Waals surface area contributed by atoms with Crippen LogP contribution in [0.5, 0.6) is 0 Å². The SMILES string of the molecule is CCCO[C@@H]1C[C@H](C(=O)O)[C@H](C(=O)O)C[C@H]1O. The Morgan fingerprint density at radius 2 is 1.71 bits per heavy atom. The van der Waals surface area contributed by atoms with Crippen LogP contribution in [0, 0.1) is 11.8 Å². The number of aliphatic hydroxyl groups excluding tert-OH is 1. The fraction of sp³-hybridized carbons (Fsp3) is 0.818. The van der Waals surface area contributed by atoms with Crippen LogP contribution < -0.4 is 0 Å². The van der Waals surface area contributed by atoms with Crippen molar-refractivity contribution in [1.82, 2.24) is 0 Å². The number of carboxylic acid groups (broad SMARTS) is 2. The van der Waals surface area contributed by atoms with Crippen molar-refractivity contribution in [2.75, 3.05) is 6.61 Å². The molecular formula is C11H18O6. The Hall–Kier alpha value is -1.14. The van der Waals surface area contributed by atoms with Gasteiger partial charge in [-0.3, -0.25) is 9.59 Å². The lowest BCUT2D eigenvalue weighted by molar-refractivity contribution is -0.165. The third-order valence-corrected chi connectivity index (χ3v) is 3.07. The van der Waals surface area contributed by atoms with Gasteiger partial charge in [-0.1, -0.05) is 6.92 Å². The minimum atomic E-state index is -1.18. The maximum atomic E-state index is 11.0. The van der Waals surface area contributed by atoms with E-state index in [9.17, 15) is 14.7 Å². The molecule has 0 aromatic rings. The largest absolute Gasteiger partial charge is 0.481 e. The smallest absolute Gasteiger partial charge is 0.307 e. The molecule has 0 spiro atoms. The van der Waals surface area contributed by atoms with Gasteiger partial charge in [0.1, 0.15) is 0 Å². The summed E-state index contributed by atoms with van der Waals surface area (Å²) in [6.45, 7) is 2.34. The summed E-state index contributed by atoms with van der Waals surface area (Å²) in [6.07, 6.45) is -0.734. The van der Waals surface area contributed by atoms with Gasteiger partial charge in [0, 0.05) is 6.61 Å². The first-order chi connectivity index (χ1) is 7.97. The number of ether oxygens (including phenoxy) is 1. The van der Waals surface area contributed by atoms with Gasteiger partial charge < -0.3 is 20.1 Å². The number of aliphatic carboxylic acids is 2. The van der Waals surface area contributed by atoms with Gasteiger partial charge >= 0.3 is 11.9 Å². The molecule has 0 radical (unpaired) electrons. The summed E-state index contributed by atoms with van der Waals surface area (Å²) < 4.78 is 5.35. The van der Waals surface area contributed by atoms with E-state index in [1.54, 1.807) is 0 Å². The normalized spacial score (nSPS) is 33.3. The first-order valence-corrected chi connectivity index (χ1v) is 5.72. The molecule has 0 bridgehead atoms. The van der Waals surface area contributed by atoms with Crippen LogP contribution in [0.3, 0.4) is 0 Å². The van der Waals surface area contributed by atoms with E-state index in [0.717, 1.165) is 6.42 Å². The van der Waals surface area contributed by atoms with E-state index >= 15 is 0 Å². The van der Waals surface area contributed by atoms with Crippen molar-refractivity contribution < 1.29 is 29.6 Å². The Labute approximate surface area is 99.2 Å². The number of rotatable bonds is 5. The highest BCUT2D eigenvalue weighted by atomic mass is 16.5. The Bertz CT molecular complexity index is 290. The zero-order valence-electron chi connectivity index (χ0n) is 9.70. The molecule has 4 atom stereocenters. The maximum Gasteiger partial charge on any atom is 0.307 e. The van der Waals surface area contributed by atoms with Crippen molar-refractivity contribution in [2.45, 2.75) is 38.4 Å². The predicted molar refractivity (Wildman–Crippen MR) is 57.5 cm³/mol. The van der Waals surface area contributed by atoms with Crippen molar-refractivity contribution >= 4 is 11.9 Å². The van der Waals surface area contributed by atoms with E-state index in [4.69, 9.17) is 14.9 Å². The lowest BCUT2D eigenvalue weighted by atomic mass is 9.76. The predicted octanol–water partition coefficient (Wildman–Crippen LogP) is 0.338. The molecule has 98 valence electrons. The number of carbonyl (C=O) groups is 2. The summed E-state index contributed by atoms with van der Waals surface area (Å²) in [5, 5.41) is 27.6. The summed E-state index contributed by atoms with van der Waals surface area (Å²) in [6, 6.07) is 0. The van der Waals surface area contributed by atoms with E-state index in [1.807, 2.05) is 6.92 Å². The van der Waals surface area contributed by atoms with E-state index in [-0.39, 0.29) is 12.8 Å². The van der Waals surface area contributed by atoms with E-state index in [1.165, 1.54) is 0 Å². The molecule has 1 aliphatic rings. The monoisotopic (exact) mass is 246 g/mol. The second kappa shape index (κ2) is 5.97. The fourth-order valence-corrected chi connectivity index (χ4v) is 2.14. The van der Waals surface area contributed by atoms with Crippen LogP contribution in [-0.4, -0.2) is 46.1 Å². The Balaban J connectivity index is 2.71. The molecule has 0 aromatic carbocycles. The Morgan fingerprint density at radius 3 is 2.18 bits per heavy atom. The van der Waals surface area contributed by atoms with Gasteiger partial charge in [-0.15, -0.1) is 0 Å². The zero-order valence-corrected chi connectivity index (χ0v) is 9.70. The summed E-state index contributed by atoms with van der Waals surface area (Å²) in [7, 11) is 0. The maximum absolute atomic E-state index is 11.0. The first-order valence-electron chi connectivity index (χ1n) is 5.72. The van der Waals surface area contributed by atoms with Crippen LogP contribution >= 0.6 is 0 Å². The molecule has 1 rings (SSSR count). The van der Waals surface area contributed by atoms with Gasteiger partial charge in [-0.25, -0.2) is 0 Å². The molecular weight excluding hydrogens is 228 g/mol. The molecule has 0 aliphatic heterocycles. The fourth-order valence-electron chi connectivity index (χ4n) is 2.14. The van der Waals surface area contributed by atoms with Crippen molar-refractivity contribution in [3.8, 4) is 0 Å². The zero-order chi connectivity index (χ0) is 13.0. The lowest BCUT2D eigenvalue weighted by Crippen LogP contribution is -2.46. The van der Waals surface area contributed by atoms with Crippen LogP contribution in [0.1, 0.15) is 26.2 Å². The molecule has 1 saturated carbocycles. The van der Waals surface area contributed by atoms with Gasteiger partial charge in [-0.05, 0) is 19.3 Å². The minimum absolute atomic E-state index is 0.0491. The summed E-state index contributed by atoms with van der Waals surface area (Å²) in [5.41, 5.74) is 0. The quantitative estimate of drug-likeness (QED) is 0.646. The molecule has 0 amide bonds. The topological polar surface area (TPSA) is 104 Å². The molecule has 17 heavy (non-hydrogen) atoms. The average Bonchev–Trinajstić information content (AvgIpc) is 2.26. The van der Waals surface area contributed by atoms with Crippen molar-refractivity contribution in [3.05, 3.63) is 0 Å². The minimum Gasteiger partial charge on any atom is -0.481 e. The van der Waals surface area contributed by atoms with Crippen LogP contribution in [0.4, 0.5) is 0 Å². The highest BCUT2D eigenvalue weighted by Crippen LogP contribution is 2.32. The van der Waals surface area contributed by atoms with Crippen LogP contribution in [-0.2, 0) is 14.3 Å². The van der Waals surface area contributed by atoms with Crippen LogP contribution in [0.15, 0.2) is 0 Å². The third kappa shape index (κ3) is 3.41. The second-order valence-electron chi connectivity index (χ2n) is 4.34. The summed E-state index contributed by atoms with van der Waals surface area (Å²) >= 11 is 0. The molecule has 3 N–H and O–H groups in total. The Morgan fingerprint density at radius 1 is 1.18 bits per heavy atom. The molecule has 0 unspecified atom stereocenters. The molecule has 1 aliphatic carbocycles. The third-order valence-electron chi connectivity index (χ3n) is 3.07. The van der Waals surface area contributed by atoms with Gasteiger partial charge in [-0.2, -0.15) is 0 Å². The van der Waals surface area contributed by atoms with E-state index in [2.05, 4.69) is 0 Å². The van der Waals surface area contributed by atoms with Crippen molar-refractivity contribution in [3.63, 3.8) is 0 Å². The highest BCUT2D eigenvalue weighted by molar-refractivity contribution is 5.80. The van der Waals surface area contributed by atoms with Crippen LogP contribution in [0.25, 0.3) is 0 Å². The molecule has 6 heteroatoms. The van der Waals surface area contributed by atoms with Crippen LogP contribution in [0.2, 0.25) is 0 Å². The van der Waals surface area contributed by atoms with Gasteiger partial charge in [0.05, 0.1) is 24.0 Å². The Kier molecular flexibility index (Phi) is 4.89. The molecule has 0 aromatic heterocycles. The van der Waals surface area contributed by atoms with Crippen molar-refractivity contribution in [2.24, 2.45) is 11.8 Å².